The van der Waals surface area contributed by atoms with E-state index >= 15 is 0 Å². The Morgan fingerprint density at radius 1 is 1.24 bits per heavy atom. The van der Waals surface area contributed by atoms with Crippen LogP contribution in [0.2, 0.25) is 5.02 Å². The van der Waals surface area contributed by atoms with Gasteiger partial charge in [-0.25, -0.2) is 14.6 Å². The quantitative estimate of drug-likeness (QED) is 0.666. The van der Waals surface area contributed by atoms with Gasteiger partial charge in [0.05, 0.1) is 16.9 Å². The molecule has 0 bridgehead atoms. The zero-order valence-electron chi connectivity index (χ0n) is 12.9. The molecule has 0 aliphatic carbocycles. The molecule has 0 saturated heterocycles. The fourth-order valence-corrected chi connectivity index (χ4v) is 2.07. The molecule has 0 amide bonds. The van der Waals surface area contributed by atoms with Crippen LogP contribution in [0, 0.1) is 6.92 Å². The molecule has 10 heteroatoms. The fraction of sp³-hybridized carbons (Fsp3) is 0.200. The molecule has 0 unspecified atom stereocenters. The van der Waals surface area contributed by atoms with Crippen molar-refractivity contribution < 1.29 is 18.3 Å². The Kier molecular flexibility index (Phi) is 5.03. The molecule has 130 valence electrons. The van der Waals surface area contributed by atoms with Crippen molar-refractivity contribution in [3.8, 4) is 17.4 Å². The summed E-state index contributed by atoms with van der Waals surface area (Å²) in [5.41, 5.74) is 1.89. The number of aryl methyl sites for hydroxylation is 1. The largest absolute Gasteiger partial charge is 0.457 e. The topological polar surface area (TPSA) is 75.0 Å². The summed E-state index contributed by atoms with van der Waals surface area (Å²) in [5.74, 6) is -0.143. The van der Waals surface area contributed by atoms with E-state index in [4.69, 9.17) is 16.3 Å². The van der Waals surface area contributed by atoms with E-state index in [2.05, 4.69) is 25.0 Å². The molecule has 0 spiro atoms. The molecule has 0 aliphatic rings. The molecule has 1 aromatic carbocycles. The van der Waals surface area contributed by atoms with Gasteiger partial charge in [0.15, 0.2) is 0 Å². The number of hydrogen-bond acceptors (Lipinski definition) is 6. The average molecular weight is 368 g/mol. The summed E-state index contributed by atoms with van der Waals surface area (Å²) in [5, 5.41) is 7.94. The number of hydrogen-bond donors (Lipinski definition) is 0. The SMILES string of the molecule is Cc1cnc(OCc2cn(-c3ccc(Cl)c(OC(F)F)c3)nn2)nc1. The second-order valence-corrected chi connectivity index (χ2v) is 5.39. The molecule has 0 atom stereocenters. The lowest BCUT2D eigenvalue weighted by Gasteiger charge is -2.08. The van der Waals surface area contributed by atoms with Gasteiger partial charge in [0, 0.05) is 18.5 Å². The Balaban J connectivity index is 1.71. The first-order chi connectivity index (χ1) is 12.0. The Morgan fingerprint density at radius 2 is 2.00 bits per heavy atom. The van der Waals surface area contributed by atoms with Crippen LogP contribution in [-0.2, 0) is 6.61 Å². The van der Waals surface area contributed by atoms with E-state index in [1.165, 1.54) is 16.8 Å². The standard InChI is InChI=1S/C15H12ClF2N5O2/c1-9-5-19-15(20-6-9)24-8-10-7-23(22-21-10)11-2-3-12(16)13(4-11)25-14(17)18/h2-7,14H,8H2,1H3. The maximum absolute atomic E-state index is 12.4. The Hall–Kier alpha value is -2.81. The molecule has 2 heterocycles. The van der Waals surface area contributed by atoms with Gasteiger partial charge in [0.25, 0.3) is 0 Å². The second kappa shape index (κ2) is 7.39. The Bertz CT molecular complexity index is 857. The number of nitrogens with zero attached hydrogens (tertiary/aromatic N) is 5. The first-order valence-electron chi connectivity index (χ1n) is 7.08. The average Bonchev–Trinajstić information content (AvgIpc) is 3.05. The van der Waals surface area contributed by atoms with E-state index in [9.17, 15) is 8.78 Å². The van der Waals surface area contributed by atoms with Crippen LogP contribution in [0.5, 0.6) is 11.8 Å². The predicted molar refractivity (Wildman–Crippen MR) is 84.1 cm³/mol. The molecular weight excluding hydrogens is 356 g/mol. The van der Waals surface area contributed by atoms with E-state index in [0.29, 0.717) is 11.4 Å². The van der Waals surface area contributed by atoms with Crippen molar-refractivity contribution >= 4 is 11.6 Å². The summed E-state index contributed by atoms with van der Waals surface area (Å²) in [4.78, 5) is 8.03. The third-order valence-corrected chi connectivity index (χ3v) is 3.35. The van der Waals surface area contributed by atoms with Crippen molar-refractivity contribution in [3.63, 3.8) is 0 Å². The molecule has 0 fully saturated rings. The van der Waals surface area contributed by atoms with Crippen molar-refractivity contribution in [1.82, 2.24) is 25.0 Å². The molecule has 3 rings (SSSR count). The Morgan fingerprint density at radius 3 is 2.72 bits per heavy atom. The highest BCUT2D eigenvalue weighted by molar-refractivity contribution is 6.32. The zero-order chi connectivity index (χ0) is 17.8. The summed E-state index contributed by atoms with van der Waals surface area (Å²) in [6, 6.07) is 4.60. The van der Waals surface area contributed by atoms with Gasteiger partial charge in [-0.1, -0.05) is 16.8 Å². The lowest BCUT2D eigenvalue weighted by Crippen LogP contribution is -2.03. The van der Waals surface area contributed by atoms with Gasteiger partial charge in [-0.05, 0) is 24.6 Å². The highest BCUT2D eigenvalue weighted by Crippen LogP contribution is 2.28. The first kappa shape index (κ1) is 17.0. The van der Waals surface area contributed by atoms with Crippen LogP contribution < -0.4 is 9.47 Å². The molecule has 3 aromatic rings. The highest BCUT2D eigenvalue weighted by atomic mass is 35.5. The van der Waals surface area contributed by atoms with Crippen LogP contribution in [-0.4, -0.2) is 31.6 Å². The smallest absolute Gasteiger partial charge is 0.387 e. The summed E-state index contributed by atoms with van der Waals surface area (Å²) in [6.07, 6.45) is 4.86. The predicted octanol–water partition coefficient (Wildman–Crippen LogP) is 3.20. The highest BCUT2D eigenvalue weighted by Gasteiger charge is 2.11. The lowest BCUT2D eigenvalue weighted by molar-refractivity contribution is -0.0497. The molecule has 0 aliphatic heterocycles. The number of rotatable bonds is 6. The Labute approximate surface area is 146 Å². The van der Waals surface area contributed by atoms with Crippen LogP contribution >= 0.6 is 11.6 Å². The van der Waals surface area contributed by atoms with Gasteiger partial charge in [0.1, 0.15) is 18.1 Å². The molecule has 25 heavy (non-hydrogen) atoms. The fourth-order valence-electron chi connectivity index (χ4n) is 1.91. The lowest BCUT2D eigenvalue weighted by atomic mass is 10.3. The van der Waals surface area contributed by atoms with Crippen molar-refractivity contribution in [3.05, 3.63) is 53.1 Å². The van der Waals surface area contributed by atoms with E-state index in [-0.39, 0.29) is 23.4 Å². The summed E-state index contributed by atoms with van der Waals surface area (Å²) < 4.78 is 35.9. The number of halogens is 3. The van der Waals surface area contributed by atoms with E-state index in [1.807, 2.05) is 6.92 Å². The van der Waals surface area contributed by atoms with E-state index < -0.39 is 6.61 Å². The molecule has 7 nitrogen and oxygen atoms in total. The summed E-state index contributed by atoms with van der Waals surface area (Å²) >= 11 is 5.82. The summed E-state index contributed by atoms with van der Waals surface area (Å²) in [7, 11) is 0. The normalized spacial score (nSPS) is 10.9. The minimum Gasteiger partial charge on any atom is -0.457 e. The molecule has 0 saturated carbocycles. The van der Waals surface area contributed by atoms with Crippen molar-refractivity contribution in [1.29, 1.82) is 0 Å². The third kappa shape index (κ3) is 4.38. The molecule has 0 radical (unpaired) electrons. The molecular formula is C15H12ClF2N5O2. The van der Waals surface area contributed by atoms with Gasteiger partial charge in [-0.2, -0.15) is 8.78 Å². The number of aromatic nitrogens is 5. The van der Waals surface area contributed by atoms with Crippen LogP contribution in [0.15, 0.2) is 36.8 Å². The van der Waals surface area contributed by atoms with Crippen LogP contribution in [0.4, 0.5) is 8.78 Å². The van der Waals surface area contributed by atoms with E-state index in [1.54, 1.807) is 24.7 Å². The van der Waals surface area contributed by atoms with Gasteiger partial charge < -0.3 is 9.47 Å². The minimum absolute atomic E-state index is 0.0734. The van der Waals surface area contributed by atoms with Gasteiger partial charge in [0.2, 0.25) is 0 Å². The van der Waals surface area contributed by atoms with E-state index in [0.717, 1.165) is 5.56 Å². The third-order valence-electron chi connectivity index (χ3n) is 3.04. The van der Waals surface area contributed by atoms with Gasteiger partial charge in [-0.15, -0.1) is 5.10 Å². The zero-order valence-corrected chi connectivity index (χ0v) is 13.7. The number of benzene rings is 1. The van der Waals surface area contributed by atoms with Gasteiger partial charge in [-0.3, -0.25) is 0 Å². The second-order valence-electron chi connectivity index (χ2n) is 4.98. The monoisotopic (exact) mass is 367 g/mol. The summed E-state index contributed by atoms with van der Waals surface area (Å²) in [6.45, 7) is -0.994. The first-order valence-corrected chi connectivity index (χ1v) is 7.46. The minimum atomic E-state index is -2.97. The molecule has 0 N–H and O–H groups in total. The van der Waals surface area contributed by atoms with Gasteiger partial charge >= 0.3 is 12.6 Å². The van der Waals surface area contributed by atoms with Crippen molar-refractivity contribution in [2.24, 2.45) is 0 Å². The maximum Gasteiger partial charge on any atom is 0.387 e. The van der Waals surface area contributed by atoms with Crippen molar-refractivity contribution in [2.45, 2.75) is 20.1 Å². The molecule has 2 aromatic heterocycles. The van der Waals surface area contributed by atoms with Crippen LogP contribution in [0.3, 0.4) is 0 Å². The maximum atomic E-state index is 12.4. The van der Waals surface area contributed by atoms with Crippen LogP contribution in [0.1, 0.15) is 11.3 Å². The van der Waals surface area contributed by atoms with Crippen LogP contribution in [0.25, 0.3) is 5.69 Å². The number of alkyl halides is 2. The van der Waals surface area contributed by atoms with Crippen molar-refractivity contribution in [2.75, 3.05) is 0 Å². The number of ether oxygens (including phenoxy) is 2.